The first-order valence-electron chi connectivity index (χ1n) is 3.18. The highest BCUT2D eigenvalue weighted by molar-refractivity contribution is 6.83. The van der Waals surface area contributed by atoms with E-state index in [0.29, 0.717) is 0 Å². The molecular weight excluding hydrogens is 136 g/mol. The van der Waals surface area contributed by atoms with E-state index in [4.69, 9.17) is 11.6 Å². The van der Waals surface area contributed by atoms with Crippen molar-refractivity contribution < 1.29 is 0 Å². The topological polar surface area (TPSA) is 0 Å². The average Bonchev–Trinajstić information content (AvgIpc) is 1.67. The fourth-order valence-corrected chi connectivity index (χ4v) is 2.63. The number of hydrogen-bond acceptors (Lipinski definition) is 0. The molecule has 0 saturated heterocycles. The quantitative estimate of drug-likeness (QED) is 0.429. The summed E-state index contributed by atoms with van der Waals surface area (Å²) in [5, 5.41) is 0. The van der Waals surface area contributed by atoms with E-state index in [1.165, 1.54) is 12.5 Å². The molecule has 8 heavy (non-hydrogen) atoms. The van der Waals surface area contributed by atoms with Crippen LogP contribution in [0.1, 0.15) is 13.3 Å². The lowest BCUT2D eigenvalue weighted by Crippen LogP contribution is -2.27. The Bertz CT molecular complexity index is 61.5. The van der Waals surface area contributed by atoms with Gasteiger partial charge in [0.1, 0.15) is 0 Å². The summed E-state index contributed by atoms with van der Waals surface area (Å²) in [5.74, 6) is 0. The fourth-order valence-electron chi connectivity index (χ4n) is 0.744. The summed E-state index contributed by atoms with van der Waals surface area (Å²) in [6.45, 7) is 6.90. The van der Waals surface area contributed by atoms with Crippen LogP contribution in [0.2, 0.25) is 19.1 Å². The van der Waals surface area contributed by atoms with Gasteiger partial charge in [0.25, 0.3) is 0 Å². The van der Waals surface area contributed by atoms with Gasteiger partial charge in [-0.15, -0.1) is 11.6 Å². The van der Waals surface area contributed by atoms with Crippen molar-refractivity contribution in [1.82, 2.24) is 0 Å². The summed E-state index contributed by atoms with van der Waals surface area (Å²) in [5.41, 5.74) is 0.918. The zero-order chi connectivity index (χ0) is 6.62. The largest absolute Gasteiger partial charge is 0.130 e. The van der Waals surface area contributed by atoms with Crippen LogP contribution in [0.3, 0.4) is 0 Å². The van der Waals surface area contributed by atoms with Crippen molar-refractivity contribution in [3.05, 3.63) is 0 Å². The van der Waals surface area contributed by atoms with Crippen molar-refractivity contribution in [2.24, 2.45) is 0 Å². The fraction of sp³-hybridized carbons (Fsp3) is 1.00. The molecule has 0 aliphatic heterocycles. The molecule has 0 aliphatic rings. The van der Waals surface area contributed by atoms with Gasteiger partial charge in [0.15, 0.2) is 0 Å². The van der Waals surface area contributed by atoms with Gasteiger partial charge in [-0.05, 0) is 0 Å². The first kappa shape index (κ1) is 8.51. The van der Waals surface area contributed by atoms with Crippen molar-refractivity contribution in [2.45, 2.75) is 32.5 Å². The van der Waals surface area contributed by atoms with E-state index in [9.17, 15) is 0 Å². The zero-order valence-corrected chi connectivity index (χ0v) is 7.76. The number of hydrogen-bond donors (Lipinski definition) is 0. The normalized spacial score (nSPS) is 12.0. The maximum Gasteiger partial charge on any atom is 0.0639 e. The van der Waals surface area contributed by atoms with Gasteiger partial charge in [-0.1, -0.05) is 32.5 Å². The molecule has 0 aromatic carbocycles. The van der Waals surface area contributed by atoms with E-state index in [-0.39, 0.29) is 0 Å². The monoisotopic (exact) mass is 150 g/mol. The molecular formula is C6H15ClSi. The van der Waals surface area contributed by atoms with Crippen LogP contribution in [-0.2, 0) is 0 Å². The first-order chi connectivity index (χ1) is 3.62. The van der Waals surface area contributed by atoms with Crippen LogP contribution < -0.4 is 0 Å². The Morgan fingerprint density at radius 3 is 2.00 bits per heavy atom. The summed E-state index contributed by atoms with van der Waals surface area (Å²) < 4.78 is 0. The van der Waals surface area contributed by atoms with E-state index < -0.39 is 8.07 Å². The molecule has 0 heterocycles. The summed E-state index contributed by atoms with van der Waals surface area (Å²) in [7, 11) is -0.912. The molecule has 0 nitrogen and oxygen atoms in total. The van der Waals surface area contributed by atoms with Crippen LogP contribution in [-0.4, -0.2) is 13.6 Å². The third kappa shape index (κ3) is 3.50. The predicted molar refractivity (Wildman–Crippen MR) is 43.3 cm³/mol. The standard InChI is InChI=1S/C6H15ClSi/c1-4-5-8(2,3)6-7/h4-6H2,1-3H3. The number of alkyl halides is 1. The summed E-state index contributed by atoms with van der Waals surface area (Å²) in [6.07, 6.45) is 1.30. The Labute approximate surface area is 58.2 Å². The van der Waals surface area contributed by atoms with Crippen molar-refractivity contribution in [2.75, 3.05) is 5.50 Å². The van der Waals surface area contributed by atoms with E-state index in [1.54, 1.807) is 0 Å². The highest BCUT2D eigenvalue weighted by Crippen LogP contribution is 2.12. The molecule has 0 saturated carbocycles. The molecule has 0 bridgehead atoms. The lowest BCUT2D eigenvalue weighted by molar-refractivity contribution is 1.05. The maximum absolute atomic E-state index is 5.73. The lowest BCUT2D eigenvalue weighted by atomic mass is 10.6. The molecule has 0 aliphatic carbocycles. The van der Waals surface area contributed by atoms with Crippen molar-refractivity contribution in [3.63, 3.8) is 0 Å². The highest BCUT2D eigenvalue weighted by atomic mass is 35.5. The molecule has 50 valence electrons. The molecule has 0 fully saturated rings. The predicted octanol–water partition coefficient (Wildman–Crippen LogP) is 2.88. The third-order valence-electron chi connectivity index (χ3n) is 1.29. The smallest absolute Gasteiger partial charge is 0.0639 e. The molecule has 0 spiro atoms. The summed E-state index contributed by atoms with van der Waals surface area (Å²) >= 11 is 5.73. The minimum atomic E-state index is -0.912. The van der Waals surface area contributed by atoms with Crippen molar-refractivity contribution >= 4 is 19.7 Å². The molecule has 0 atom stereocenters. The highest BCUT2D eigenvalue weighted by Gasteiger charge is 2.16. The molecule has 0 aromatic rings. The zero-order valence-electron chi connectivity index (χ0n) is 6.00. The molecule has 0 amide bonds. The van der Waals surface area contributed by atoms with E-state index in [0.717, 1.165) is 5.50 Å². The Hall–Kier alpha value is 0.507. The van der Waals surface area contributed by atoms with Crippen LogP contribution in [0.25, 0.3) is 0 Å². The Morgan fingerprint density at radius 1 is 1.38 bits per heavy atom. The minimum absolute atomic E-state index is 0.912. The van der Waals surface area contributed by atoms with Gasteiger partial charge in [0.05, 0.1) is 8.07 Å². The van der Waals surface area contributed by atoms with Crippen LogP contribution in [0.5, 0.6) is 0 Å². The van der Waals surface area contributed by atoms with Crippen LogP contribution in [0.4, 0.5) is 0 Å². The Morgan fingerprint density at radius 2 is 1.88 bits per heavy atom. The molecule has 0 radical (unpaired) electrons. The van der Waals surface area contributed by atoms with Crippen LogP contribution in [0, 0.1) is 0 Å². The lowest BCUT2D eigenvalue weighted by Gasteiger charge is -2.16. The Balaban J connectivity index is 3.37. The third-order valence-corrected chi connectivity index (χ3v) is 6.04. The van der Waals surface area contributed by atoms with Crippen LogP contribution in [0.15, 0.2) is 0 Å². The molecule has 0 aromatic heterocycles. The second-order valence-corrected chi connectivity index (χ2v) is 8.95. The van der Waals surface area contributed by atoms with Gasteiger partial charge in [-0.25, -0.2) is 0 Å². The number of halogens is 1. The van der Waals surface area contributed by atoms with Gasteiger partial charge >= 0.3 is 0 Å². The minimum Gasteiger partial charge on any atom is -0.130 e. The molecule has 2 heteroatoms. The Kier molecular flexibility index (Phi) is 3.74. The van der Waals surface area contributed by atoms with Crippen LogP contribution >= 0.6 is 11.6 Å². The van der Waals surface area contributed by atoms with Gasteiger partial charge in [-0.2, -0.15) is 0 Å². The maximum atomic E-state index is 5.73. The average molecular weight is 151 g/mol. The van der Waals surface area contributed by atoms with Gasteiger partial charge < -0.3 is 0 Å². The van der Waals surface area contributed by atoms with E-state index in [1.807, 2.05) is 0 Å². The summed E-state index contributed by atoms with van der Waals surface area (Å²) in [4.78, 5) is 0. The summed E-state index contributed by atoms with van der Waals surface area (Å²) in [6, 6.07) is 1.37. The van der Waals surface area contributed by atoms with Gasteiger partial charge in [-0.3, -0.25) is 0 Å². The van der Waals surface area contributed by atoms with Crippen molar-refractivity contribution in [1.29, 1.82) is 0 Å². The van der Waals surface area contributed by atoms with Crippen molar-refractivity contribution in [3.8, 4) is 0 Å². The molecule has 0 unspecified atom stereocenters. The van der Waals surface area contributed by atoms with Gasteiger partial charge in [0.2, 0.25) is 0 Å². The van der Waals surface area contributed by atoms with Gasteiger partial charge in [0, 0.05) is 5.50 Å². The first-order valence-corrected chi connectivity index (χ1v) is 7.13. The van der Waals surface area contributed by atoms with E-state index in [2.05, 4.69) is 20.0 Å². The molecule has 0 N–H and O–H groups in total. The molecule has 0 rings (SSSR count). The second kappa shape index (κ2) is 3.52. The SMILES string of the molecule is CCC[Si](C)(C)CCl. The number of rotatable bonds is 3. The second-order valence-electron chi connectivity index (χ2n) is 3.05. The van der Waals surface area contributed by atoms with E-state index >= 15 is 0 Å².